The molecule has 0 fully saturated rings. The van der Waals surface area contributed by atoms with E-state index < -0.39 is 17.4 Å². The van der Waals surface area contributed by atoms with Crippen molar-refractivity contribution in [3.63, 3.8) is 0 Å². The van der Waals surface area contributed by atoms with E-state index >= 15 is 0 Å². The van der Waals surface area contributed by atoms with Gasteiger partial charge < -0.3 is 5.73 Å². The van der Waals surface area contributed by atoms with Crippen molar-refractivity contribution in [3.05, 3.63) is 62.1 Å². The molecule has 0 spiro atoms. The number of anilines is 1. The molecule has 2 N–H and O–H groups in total. The van der Waals surface area contributed by atoms with Crippen molar-refractivity contribution in [1.82, 2.24) is 0 Å². The number of benzene rings is 2. The van der Waals surface area contributed by atoms with Gasteiger partial charge in [-0.25, -0.2) is 8.78 Å². The fourth-order valence-corrected chi connectivity index (χ4v) is 2.28. The zero-order chi connectivity index (χ0) is 15.0. The number of hydrogen-bond donors (Lipinski definition) is 1. The van der Waals surface area contributed by atoms with Crippen LogP contribution in [-0.4, -0.2) is 5.78 Å². The number of hydrogen-bond acceptors (Lipinski definition) is 2. The molecule has 0 radical (unpaired) electrons. The van der Waals surface area contributed by atoms with Crippen LogP contribution in [0.2, 0.25) is 5.02 Å². The van der Waals surface area contributed by atoms with Gasteiger partial charge in [0.05, 0.1) is 16.1 Å². The van der Waals surface area contributed by atoms with Crippen LogP contribution in [0.3, 0.4) is 0 Å². The molecule has 0 saturated heterocycles. The van der Waals surface area contributed by atoms with Crippen molar-refractivity contribution in [1.29, 1.82) is 0 Å². The van der Waals surface area contributed by atoms with E-state index in [0.29, 0.717) is 4.47 Å². The Morgan fingerprint density at radius 1 is 1.20 bits per heavy atom. The van der Waals surface area contributed by atoms with Gasteiger partial charge in [-0.05, 0) is 52.7 Å². The van der Waals surface area contributed by atoms with Crippen molar-refractivity contribution in [3.8, 4) is 0 Å². The summed E-state index contributed by atoms with van der Waals surface area (Å²) in [5, 5.41) is 0.163. The average Bonchev–Trinajstić information content (AvgIpc) is 2.37. The summed E-state index contributed by atoms with van der Waals surface area (Å²) in [6.45, 7) is 1.48. The highest BCUT2D eigenvalue weighted by Crippen LogP contribution is 2.28. The van der Waals surface area contributed by atoms with Gasteiger partial charge in [0.15, 0.2) is 5.78 Å². The van der Waals surface area contributed by atoms with Crippen LogP contribution in [0, 0.1) is 18.6 Å². The Hall–Kier alpha value is -1.46. The molecular weight excluding hydrogens is 352 g/mol. The minimum absolute atomic E-state index is 0.163. The molecule has 0 aliphatic heterocycles. The number of carbonyl (C=O) groups is 1. The molecule has 0 aliphatic rings. The van der Waals surface area contributed by atoms with Crippen molar-refractivity contribution in [2.24, 2.45) is 0 Å². The summed E-state index contributed by atoms with van der Waals surface area (Å²) in [4.78, 5) is 12.2. The molecule has 0 aromatic heterocycles. The van der Waals surface area contributed by atoms with Crippen molar-refractivity contribution in [2.45, 2.75) is 6.92 Å². The van der Waals surface area contributed by atoms with Gasteiger partial charge in [0.25, 0.3) is 0 Å². The quantitative estimate of drug-likeness (QED) is 0.487. The summed E-state index contributed by atoms with van der Waals surface area (Å²) >= 11 is 8.88. The molecule has 0 aliphatic carbocycles. The summed E-state index contributed by atoms with van der Waals surface area (Å²) in [5.74, 6) is -2.31. The zero-order valence-electron chi connectivity index (χ0n) is 10.3. The second kappa shape index (κ2) is 5.50. The maximum atomic E-state index is 14.0. The number of nitrogen functional groups attached to an aromatic ring is 1. The first-order chi connectivity index (χ1) is 9.31. The molecule has 20 heavy (non-hydrogen) atoms. The van der Waals surface area contributed by atoms with Crippen LogP contribution >= 0.6 is 27.5 Å². The van der Waals surface area contributed by atoms with Gasteiger partial charge in [-0.3, -0.25) is 4.79 Å². The van der Waals surface area contributed by atoms with Crippen LogP contribution < -0.4 is 5.73 Å². The molecule has 2 rings (SSSR count). The largest absolute Gasteiger partial charge is 0.399 e. The van der Waals surface area contributed by atoms with Gasteiger partial charge in [-0.2, -0.15) is 0 Å². The summed E-state index contributed by atoms with van der Waals surface area (Å²) in [6, 6.07) is 4.80. The highest BCUT2D eigenvalue weighted by molar-refractivity contribution is 9.10. The molecule has 2 nitrogen and oxygen atoms in total. The van der Waals surface area contributed by atoms with E-state index in [2.05, 4.69) is 15.9 Å². The van der Waals surface area contributed by atoms with E-state index in [9.17, 15) is 13.6 Å². The summed E-state index contributed by atoms with van der Waals surface area (Å²) in [6.07, 6.45) is 0. The van der Waals surface area contributed by atoms with E-state index in [1.807, 2.05) is 0 Å². The second-order valence-corrected chi connectivity index (χ2v) is 5.54. The molecular formula is C14H9BrClF2NO. The Balaban J connectivity index is 2.60. The van der Waals surface area contributed by atoms with Crippen LogP contribution in [0.4, 0.5) is 14.5 Å². The van der Waals surface area contributed by atoms with E-state index in [0.717, 1.165) is 12.1 Å². The van der Waals surface area contributed by atoms with Crippen molar-refractivity contribution < 1.29 is 13.6 Å². The minimum Gasteiger partial charge on any atom is -0.399 e. The van der Waals surface area contributed by atoms with E-state index in [1.165, 1.54) is 19.1 Å². The van der Waals surface area contributed by atoms with Crippen LogP contribution in [0.1, 0.15) is 21.5 Å². The molecule has 6 heteroatoms. The molecule has 0 saturated carbocycles. The molecule has 0 atom stereocenters. The number of ketones is 1. The topological polar surface area (TPSA) is 43.1 Å². The molecule has 0 amide bonds. The fraction of sp³-hybridized carbons (Fsp3) is 0.0714. The Morgan fingerprint density at radius 3 is 2.50 bits per heavy atom. The molecule has 0 bridgehead atoms. The zero-order valence-corrected chi connectivity index (χ0v) is 12.6. The highest BCUT2D eigenvalue weighted by atomic mass is 79.9. The molecule has 0 heterocycles. The van der Waals surface area contributed by atoms with Gasteiger partial charge in [-0.1, -0.05) is 11.6 Å². The molecule has 2 aromatic rings. The van der Waals surface area contributed by atoms with Crippen LogP contribution in [-0.2, 0) is 0 Å². The number of aryl methyl sites for hydroxylation is 1. The van der Waals surface area contributed by atoms with E-state index in [1.54, 1.807) is 0 Å². The lowest BCUT2D eigenvalue weighted by molar-refractivity contribution is 0.103. The first-order valence-electron chi connectivity index (χ1n) is 5.56. The first kappa shape index (κ1) is 14.9. The van der Waals surface area contributed by atoms with E-state index in [-0.39, 0.29) is 27.4 Å². The normalized spacial score (nSPS) is 10.7. The van der Waals surface area contributed by atoms with Gasteiger partial charge in [0.2, 0.25) is 0 Å². The predicted octanol–water partition coefficient (Wildman–Crippen LogP) is 4.50. The number of rotatable bonds is 2. The maximum Gasteiger partial charge on any atom is 0.199 e. The number of carbonyl (C=O) groups excluding carboxylic acids is 1. The summed E-state index contributed by atoms with van der Waals surface area (Å²) in [7, 11) is 0. The SMILES string of the molecule is Cc1cc(N)cc(C(=O)c2cc(Cl)c(Br)cc2F)c1F. The number of halogens is 4. The first-order valence-corrected chi connectivity index (χ1v) is 6.73. The van der Waals surface area contributed by atoms with E-state index in [4.69, 9.17) is 17.3 Å². The minimum atomic E-state index is -0.801. The van der Waals surface area contributed by atoms with Gasteiger partial charge in [-0.15, -0.1) is 0 Å². The average molecular weight is 361 g/mol. The number of nitrogens with two attached hydrogens (primary N) is 1. The Kier molecular flexibility index (Phi) is 4.11. The smallest absolute Gasteiger partial charge is 0.199 e. The lowest BCUT2D eigenvalue weighted by atomic mass is 9.99. The van der Waals surface area contributed by atoms with Crippen molar-refractivity contribution in [2.75, 3.05) is 5.73 Å². The highest BCUT2D eigenvalue weighted by Gasteiger charge is 2.21. The Morgan fingerprint density at radius 2 is 1.85 bits per heavy atom. The van der Waals surface area contributed by atoms with Gasteiger partial charge >= 0.3 is 0 Å². The third-order valence-electron chi connectivity index (χ3n) is 2.78. The summed E-state index contributed by atoms with van der Waals surface area (Å²) in [5.41, 5.74) is 5.46. The van der Waals surface area contributed by atoms with Crippen LogP contribution in [0.5, 0.6) is 0 Å². The van der Waals surface area contributed by atoms with Crippen LogP contribution in [0.15, 0.2) is 28.7 Å². The van der Waals surface area contributed by atoms with Gasteiger partial charge in [0, 0.05) is 10.2 Å². The summed E-state index contributed by atoms with van der Waals surface area (Å²) < 4.78 is 28.1. The monoisotopic (exact) mass is 359 g/mol. The van der Waals surface area contributed by atoms with Crippen molar-refractivity contribution >= 4 is 39.0 Å². The lowest BCUT2D eigenvalue weighted by Gasteiger charge is -2.08. The second-order valence-electron chi connectivity index (χ2n) is 4.27. The third kappa shape index (κ3) is 2.69. The standard InChI is InChI=1S/C14H9BrClF2NO/c1-6-2-7(19)3-9(13(6)18)14(20)8-4-11(16)10(15)5-12(8)17/h2-5H,19H2,1H3. The Labute approximate surface area is 127 Å². The van der Waals surface area contributed by atoms with Gasteiger partial charge in [0.1, 0.15) is 11.6 Å². The fourth-order valence-electron chi connectivity index (χ4n) is 1.80. The predicted molar refractivity (Wildman–Crippen MR) is 78.1 cm³/mol. The lowest BCUT2D eigenvalue weighted by Crippen LogP contribution is -2.09. The molecule has 104 valence electrons. The molecule has 2 aromatic carbocycles. The van der Waals surface area contributed by atoms with Crippen LogP contribution in [0.25, 0.3) is 0 Å². The molecule has 0 unspecified atom stereocenters. The maximum absolute atomic E-state index is 14.0. The third-order valence-corrected chi connectivity index (χ3v) is 3.97. The Bertz CT molecular complexity index is 719.